The maximum absolute atomic E-state index is 3.56. The van der Waals surface area contributed by atoms with E-state index in [-0.39, 0.29) is 0 Å². The van der Waals surface area contributed by atoms with Gasteiger partial charge in [0, 0.05) is 38.3 Å². The fourth-order valence-corrected chi connectivity index (χ4v) is 2.74. The number of nitrogens with one attached hydrogen (secondary N) is 1. The predicted molar refractivity (Wildman–Crippen MR) is 80.1 cm³/mol. The van der Waals surface area contributed by atoms with Crippen molar-refractivity contribution in [3.8, 4) is 0 Å². The van der Waals surface area contributed by atoms with Gasteiger partial charge in [0.15, 0.2) is 0 Å². The Labute approximate surface area is 114 Å². The molecule has 0 spiro atoms. The van der Waals surface area contributed by atoms with Crippen molar-refractivity contribution in [2.45, 2.75) is 46.6 Å². The normalized spacial score (nSPS) is 22.3. The minimum atomic E-state index is 0.311. The van der Waals surface area contributed by atoms with Crippen LogP contribution in [0.5, 0.6) is 0 Å². The second-order valence-corrected chi connectivity index (χ2v) is 7.29. The van der Waals surface area contributed by atoms with Crippen molar-refractivity contribution in [3.63, 3.8) is 0 Å². The molecular weight excluding hydrogens is 222 g/mol. The van der Waals surface area contributed by atoms with Crippen LogP contribution in [0, 0.1) is 5.41 Å². The van der Waals surface area contributed by atoms with E-state index in [4.69, 9.17) is 0 Å². The highest BCUT2D eigenvalue weighted by Gasteiger charge is 2.33. The maximum atomic E-state index is 3.56. The number of nitrogens with zero attached hydrogens (tertiary/aromatic N) is 2. The molecule has 0 saturated carbocycles. The summed E-state index contributed by atoms with van der Waals surface area (Å²) in [6.07, 6.45) is 1.22. The van der Waals surface area contributed by atoms with Gasteiger partial charge in [0.05, 0.1) is 0 Å². The highest BCUT2D eigenvalue weighted by Crippen LogP contribution is 2.23. The van der Waals surface area contributed by atoms with Crippen LogP contribution in [0.25, 0.3) is 0 Å². The fraction of sp³-hybridized carbons (Fsp3) is 1.00. The molecule has 0 aliphatic carbocycles. The minimum absolute atomic E-state index is 0.311. The molecule has 108 valence electrons. The zero-order valence-electron chi connectivity index (χ0n) is 13.3. The molecule has 0 amide bonds. The van der Waals surface area contributed by atoms with Crippen molar-refractivity contribution in [3.05, 3.63) is 0 Å². The van der Waals surface area contributed by atoms with Crippen LogP contribution in [0.1, 0.15) is 41.0 Å². The standard InChI is InChI=1S/C15H33N3/c1-7-8-16-11-14(2,3)12-18-10-9-17(6)15(4,5)13-18/h16H,7-13H2,1-6H3. The molecule has 0 aromatic rings. The van der Waals surface area contributed by atoms with E-state index >= 15 is 0 Å². The molecule has 1 heterocycles. The second kappa shape index (κ2) is 6.36. The van der Waals surface area contributed by atoms with Crippen LogP contribution in [0.3, 0.4) is 0 Å². The molecule has 3 nitrogen and oxygen atoms in total. The third kappa shape index (κ3) is 4.87. The summed E-state index contributed by atoms with van der Waals surface area (Å²) in [5.74, 6) is 0. The Hall–Kier alpha value is -0.120. The van der Waals surface area contributed by atoms with Crippen LogP contribution >= 0.6 is 0 Å². The van der Waals surface area contributed by atoms with E-state index in [2.05, 4.69) is 56.8 Å². The molecule has 0 aromatic heterocycles. The van der Waals surface area contributed by atoms with Gasteiger partial charge < -0.3 is 5.32 Å². The first-order valence-corrected chi connectivity index (χ1v) is 7.41. The molecule has 0 aromatic carbocycles. The first-order valence-electron chi connectivity index (χ1n) is 7.41. The molecule has 1 fully saturated rings. The Morgan fingerprint density at radius 3 is 2.44 bits per heavy atom. The molecule has 1 rings (SSSR count). The Morgan fingerprint density at radius 1 is 1.22 bits per heavy atom. The first-order chi connectivity index (χ1) is 8.27. The number of likely N-dealkylation sites (N-methyl/N-ethyl adjacent to an activating group) is 1. The summed E-state index contributed by atoms with van der Waals surface area (Å²) in [5.41, 5.74) is 0.673. The molecule has 1 aliphatic rings. The highest BCUT2D eigenvalue weighted by atomic mass is 15.3. The quantitative estimate of drug-likeness (QED) is 0.733. The lowest BCUT2D eigenvalue weighted by Gasteiger charge is -2.47. The Bertz CT molecular complexity index is 248. The topological polar surface area (TPSA) is 18.5 Å². The third-order valence-electron chi connectivity index (χ3n) is 4.08. The van der Waals surface area contributed by atoms with E-state index in [1.54, 1.807) is 0 Å². The molecular formula is C15H33N3. The smallest absolute Gasteiger partial charge is 0.0277 e. The van der Waals surface area contributed by atoms with Crippen molar-refractivity contribution in [1.29, 1.82) is 0 Å². The maximum Gasteiger partial charge on any atom is 0.0277 e. The SMILES string of the molecule is CCCNCC(C)(C)CN1CCN(C)C(C)(C)C1. The van der Waals surface area contributed by atoms with Gasteiger partial charge in [0.1, 0.15) is 0 Å². The number of rotatable bonds is 6. The summed E-state index contributed by atoms with van der Waals surface area (Å²) in [7, 11) is 2.24. The molecule has 1 N–H and O–H groups in total. The largest absolute Gasteiger partial charge is 0.316 e. The monoisotopic (exact) mass is 255 g/mol. The summed E-state index contributed by atoms with van der Waals surface area (Å²) in [6, 6.07) is 0. The fourth-order valence-electron chi connectivity index (χ4n) is 2.74. The molecule has 18 heavy (non-hydrogen) atoms. The molecule has 0 atom stereocenters. The Balaban J connectivity index is 2.42. The van der Waals surface area contributed by atoms with E-state index in [0.29, 0.717) is 11.0 Å². The second-order valence-electron chi connectivity index (χ2n) is 7.29. The first kappa shape index (κ1) is 15.9. The van der Waals surface area contributed by atoms with Crippen LogP contribution in [0.4, 0.5) is 0 Å². The summed E-state index contributed by atoms with van der Waals surface area (Å²) >= 11 is 0. The van der Waals surface area contributed by atoms with Gasteiger partial charge in [-0.05, 0) is 39.3 Å². The Morgan fingerprint density at radius 2 is 1.89 bits per heavy atom. The van der Waals surface area contributed by atoms with E-state index in [0.717, 1.165) is 13.1 Å². The van der Waals surface area contributed by atoms with Gasteiger partial charge in [-0.25, -0.2) is 0 Å². The van der Waals surface area contributed by atoms with E-state index in [1.165, 1.54) is 32.6 Å². The molecule has 0 bridgehead atoms. The van der Waals surface area contributed by atoms with Crippen LogP contribution in [0.15, 0.2) is 0 Å². The van der Waals surface area contributed by atoms with Gasteiger partial charge in [0.2, 0.25) is 0 Å². The summed E-state index contributed by atoms with van der Waals surface area (Å²) in [6.45, 7) is 18.7. The highest BCUT2D eigenvalue weighted by molar-refractivity contribution is 4.90. The predicted octanol–water partition coefficient (Wildman–Crippen LogP) is 2.04. The van der Waals surface area contributed by atoms with Crippen molar-refractivity contribution in [1.82, 2.24) is 15.1 Å². The lowest BCUT2D eigenvalue weighted by molar-refractivity contribution is 0.0218. The average molecular weight is 255 g/mol. The van der Waals surface area contributed by atoms with E-state index in [1.807, 2.05) is 0 Å². The molecule has 1 saturated heterocycles. The zero-order valence-corrected chi connectivity index (χ0v) is 13.3. The number of piperazine rings is 1. The summed E-state index contributed by atoms with van der Waals surface area (Å²) < 4.78 is 0. The van der Waals surface area contributed by atoms with Gasteiger partial charge in [-0.15, -0.1) is 0 Å². The zero-order chi connectivity index (χ0) is 13.8. The summed E-state index contributed by atoms with van der Waals surface area (Å²) in [4.78, 5) is 5.11. The average Bonchev–Trinajstić information content (AvgIpc) is 2.23. The van der Waals surface area contributed by atoms with Crippen LogP contribution in [0.2, 0.25) is 0 Å². The van der Waals surface area contributed by atoms with Crippen molar-refractivity contribution < 1.29 is 0 Å². The molecule has 3 heteroatoms. The Kier molecular flexibility index (Phi) is 5.63. The van der Waals surface area contributed by atoms with Crippen molar-refractivity contribution in [2.75, 3.05) is 46.3 Å². The van der Waals surface area contributed by atoms with Gasteiger partial charge >= 0.3 is 0 Å². The van der Waals surface area contributed by atoms with Gasteiger partial charge in [-0.1, -0.05) is 20.8 Å². The minimum Gasteiger partial charge on any atom is -0.316 e. The molecule has 0 radical (unpaired) electrons. The van der Waals surface area contributed by atoms with E-state index < -0.39 is 0 Å². The van der Waals surface area contributed by atoms with Crippen molar-refractivity contribution >= 4 is 0 Å². The lowest BCUT2D eigenvalue weighted by Crippen LogP contribution is -2.59. The van der Waals surface area contributed by atoms with Crippen LogP contribution < -0.4 is 5.32 Å². The van der Waals surface area contributed by atoms with Crippen LogP contribution in [-0.2, 0) is 0 Å². The molecule has 1 aliphatic heterocycles. The number of hydrogen-bond acceptors (Lipinski definition) is 3. The lowest BCUT2D eigenvalue weighted by atomic mass is 9.90. The third-order valence-corrected chi connectivity index (χ3v) is 4.08. The van der Waals surface area contributed by atoms with Crippen molar-refractivity contribution in [2.24, 2.45) is 5.41 Å². The van der Waals surface area contributed by atoms with Gasteiger partial charge in [-0.3, -0.25) is 9.80 Å². The number of hydrogen-bond donors (Lipinski definition) is 1. The van der Waals surface area contributed by atoms with Gasteiger partial charge in [0.25, 0.3) is 0 Å². The summed E-state index contributed by atoms with van der Waals surface area (Å²) in [5, 5.41) is 3.56. The van der Waals surface area contributed by atoms with Gasteiger partial charge in [-0.2, -0.15) is 0 Å². The van der Waals surface area contributed by atoms with Crippen LogP contribution in [-0.4, -0.2) is 61.7 Å². The van der Waals surface area contributed by atoms with E-state index in [9.17, 15) is 0 Å². The molecule has 0 unspecified atom stereocenters.